The number of fused-ring (bicyclic) bond motifs is 2. The fourth-order valence-electron chi connectivity index (χ4n) is 5.16. The molecule has 3 N–H and O–H groups in total. The van der Waals surface area contributed by atoms with Crippen LogP contribution in [-0.2, 0) is 0 Å². The number of aliphatic hydroxyl groups is 1. The van der Waals surface area contributed by atoms with Crippen molar-refractivity contribution < 1.29 is 27.5 Å². The molecule has 1 amide bonds. The first-order chi connectivity index (χ1) is 16.5. The molecule has 2 fully saturated rings. The lowest BCUT2D eigenvalue weighted by Gasteiger charge is -2.19. The van der Waals surface area contributed by atoms with Crippen molar-refractivity contribution in [2.75, 3.05) is 11.9 Å². The average molecular weight is 490 g/mol. The Morgan fingerprint density at radius 3 is 2.77 bits per heavy atom. The number of nitrogens with zero attached hydrogens (tertiary/aromatic N) is 4. The molecule has 5 rings (SSSR count). The predicted octanol–water partition coefficient (Wildman–Crippen LogP) is 3.39. The third-order valence-corrected chi connectivity index (χ3v) is 6.86. The van der Waals surface area contributed by atoms with E-state index in [1.807, 2.05) is 6.92 Å². The summed E-state index contributed by atoms with van der Waals surface area (Å²) in [6.07, 6.45) is 0.124. The molecule has 3 aromatic rings. The number of hydrogen-bond donors (Lipinski definition) is 3. The molecule has 1 aliphatic carbocycles. The normalized spacial score (nSPS) is 23.4. The van der Waals surface area contributed by atoms with Crippen LogP contribution in [0.15, 0.2) is 36.8 Å². The van der Waals surface area contributed by atoms with Gasteiger partial charge >= 0.3 is 6.18 Å². The number of carbonyl (C=O) groups excluding carboxylic acids is 1. The molecule has 35 heavy (non-hydrogen) atoms. The number of aliphatic hydroxyl groups excluding tert-OH is 1. The number of amides is 1. The van der Waals surface area contributed by atoms with Crippen LogP contribution in [0.5, 0.6) is 0 Å². The largest absolute Gasteiger partial charge is 0.405 e. The lowest BCUT2D eigenvalue weighted by molar-refractivity contribution is -0.115. The van der Waals surface area contributed by atoms with E-state index < -0.39 is 36.1 Å². The second kappa shape index (κ2) is 8.01. The van der Waals surface area contributed by atoms with Crippen molar-refractivity contribution in [1.29, 1.82) is 5.41 Å². The third kappa shape index (κ3) is 3.91. The Labute approximate surface area is 197 Å². The van der Waals surface area contributed by atoms with Crippen LogP contribution < -0.4 is 5.32 Å². The molecule has 0 bridgehead atoms. The first kappa shape index (κ1) is 23.2. The molecule has 184 valence electrons. The summed E-state index contributed by atoms with van der Waals surface area (Å²) in [5.41, 5.74) is -0.351. The van der Waals surface area contributed by atoms with Crippen LogP contribution in [-0.4, -0.2) is 66.4 Å². The first-order valence-corrected chi connectivity index (χ1v) is 11.1. The van der Waals surface area contributed by atoms with Gasteiger partial charge in [0, 0.05) is 23.6 Å². The minimum Gasteiger partial charge on any atom is -0.393 e. The van der Waals surface area contributed by atoms with E-state index in [4.69, 9.17) is 5.41 Å². The summed E-state index contributed by atoms with van der Waals surface area (Å²) in [7, 11) is 0. The number of likely N-dealkylation sites (tertiary alicyclic amines) is 1. The van der Waals surface area contributed by atoms with Crippen LogP contribution in [0, 0.1) is 11.2 Å². The third-order valence-electron chi connectivity index (χ3n) is 6.86. The first-order valence-electron chi connectivity index (χ1n) is 11.1. The maximum absolute atomic E-state index is 13.8. The van der Waals surface area contributed by atoms with Gasteiger partial charge in [-0.25, -0.2) is 9.37 Å². The van der Waals surface area contributed by atoms with Crippen LogP contribution in [0.25, 0.3) is 5.65 Å². The summed E-state index contributed by atoms with van der Waals surface area (Å²) >= 11 is 0. The number of rotatable bonds is 6. The molecular weight excluding hydrogens is 468 g/mol. The Morgan fingerprint density at radius 1 is 1.31 bits per heavy atom. The SMILES string of the molecule is CCC12CC(O)CC1N2C(=O)c1cc(NCC(F)(F)F)c(C(=N)c2cnc3ccc(F)cn23)cn1. The van der Waals surface area contributed by atoms with Gasteiger partial charge in [0.1, 0.15) is 23.7 Å². The predicted molar refractivity (Wildman–Crippen MR) is 118 cm³/mol. The van der Waals surface area contributed by atoms with Gasteiger partial charge in [0.05, 0.1) is 35.3 Å². The Bertz CT molecular complexity index is 1340. The molecule has 4 heterocycles. The van der Waals surface area contributed by atoms with Crippen molar-refractivity contribution in [3.63, 3.8) is 0 Å². The number of halogens is 4. The highest BCUT2D eigenvalue weighted by Gasteiger charge is 2.68. The number of anilines is 1. The lowest BCUT2D eigenvalue weighted by atomic mass is 10.0. The zero-order chi connectivity index (χ0) is 25.1. The van der Waals surface area contributed by atoms with Gasteiger partial charge < -0.3 is 15.3 Å². The Kier molecular flexibility index (Phi) is 5.31. The van der Waals surface area contributed by atoms with Gasteiger partial charge in [0.2, 0.25) is 0 Å². The molecule has 1 aliphatic heterocycles. The second-order valence-corrected chi connectivity index (χ2v) is 8.92. The number of pyridine rings is 2. The van der Waals surface area contributed by atoms with Crippen LogP contribution in [0.1, 0.15) is 47.9 Å². The number of carbonyl (C=O) groups is 1. The molecule has 3 atom stereocenters. The van der Waals surface area contributed by atoms with Gasteiger partial charge in [-0.05, 0) is 37.5 Å². The molecular formula is C23H22F4N6O2. The molecule has 8 nitrogen and oxygen atoms in total. The summed E-state index contributed by atoms with van der Waals surface area (Å²) in [5.74, 6) is -1.01. The number of aromatic nitrogens is 3. The number of alkyl halides is 3. The van der Waals surface area contributed by atoms with E-state index in [-0.39, 0.29) is 34.4 Å². The number of nitrogens with one attached hydrogen (secondary N) is 2. The van der Waals surface area contributed by atoms with E-state index in [1.165, 1.54) is 35.0 Å². The molecule has 0 radical (unpaired) electrons. The Morgan fingerprint density at radius 2 is 2.09 bits per heavy atom. The van der Waals surface area contributed by atoms with Crippen LogP contribution in [0.4, 0.5) is 23.2 Å². The molecule has 1 saturated heterocycles. The minimum atomic E-state index is -4.54. The fourth-order valence-corrected chi connectivity index (χ4v) is 5.16. The standard InChI is InChI=1S/C23H22F4N6O2/c1-2-22-7-13(34)5-18(22)33(22)21(35)16-6-15(31-11-23(25,26)27)14(8-29-16)20(28)17-9-30-19-4-3-12(24)10-32(17)19/h3-4,6,8-10,13,18,28,34H,2,5,7,11H2,1H3,(H,29,31). The fraction of sp³-hybridized carbons (Fsp3) is 0.391. The molecule has 12 heteroatoms. The van der Waals surface area contributed by atoms with E-state index >= 15 is 0 Å². The van der Waals surface area contributed by atoms with E-state index in [0.717, 1.165) is 6.20 Å². The molecule has 0 aromatic carbocycles. The van der Waals surface area contributed by atoms with Crippen molar-refractivity contribution >= 4 is 23.0 Å². The van der Waals surface area contributed by atoms with Crippen molar-refractivity contribution in [3.05, 3.63) is 59.6 Å². The summed E-state index contributed by atoms with van der Waals surface area (Å²) < 4.78 is 54.1. The van der Waals surface area contributed by atoms with Gasteiger partial charge in [-0.2, -0.15) is 13.2 Å². The van der Waals surface area contributed by atoms with E-state index in [1.54, 1.807) is 4.90 Å². The van der Waals surface area contributed by atoms with Gasteiger partial charge in [-0.15, -0.1) is 0 Å². The van der Waals surface area contributed by atoms with Crippen molar-refractivity contribution in [2.24, 2.45) is 0 Å². The second-order valence-electron chi connectivity index (χ2n) is 8.92. The highest BCUT2D eigenvalue weighted by Crippen LogP contribution is 2.55. The molecule has 3 unspecified atom stereocenters. The maximum atomic E-state index is 13.8. The number of piperidine rings is 1. The summed E-state index contributed by atoms with van der Waals surface area (Å²) in [5, 5.41) is 20.8. The zero-order valence-corrected chi connectivity index (χ0v) is 18.6. The van der Waals surface area contributed by atoms with E-state index in [9.17, 15) is 27.5 Å². The molecule has 0 spiro atoms. The molecule has 1 saturated carbocycles. The van der Waals surface area contributed by atoms with E-state index in [0.29, 0.717) is 24.9 Å². The van der Waals surface area contributed by atoms with Crippen LogP contribution in [0.2, 0.25) is 0 Å². The van der Waals surface area contributed by atoms with Crippen molar-refractivity contribution in [3.8, 4) is 0 Å². The van der Waals surface area contributed by atoms with Gasteiger partial charge in [-0.1, -0.05) is 6.92 Å². The van der Waals surface area contributed by atoms with Crippen molar-refractivity contribution in [1.82, 2.24) is 19.3 Å². The molecule has 2 aliphatic rings. The maximum Gasteiger partial charge on any atom is 0.405 e. The lowest BCUT2D eigenvalue weighted by Crippen LogP contribution is -2.28. The minimum absolute atomic E-state index is 0.00322. The van der Waals surface area contributed by atoms with Crippen LogP contribution in [0.3, 0.4) is 0 Å². The highest BCUT2D eigenvalue weighted by atomic mass is 19.4. The number of hydrogen-bond acceptors (Lipinski definition) is 6. The topological polar surface area (TPSA) is 106 Å². The Balaban J connectivity index is 1.50. The van der Waals surface area contributed by atoms with Gasteiger partial charge in [0.15, 0.2) is 0 Å². The monoisotopic (exact) mass is 490 g/mol. The molecule has 3 aromatic heterocycles. The summed E-state index contributed by atoms with van der Waals surface area (Å²) in [6, 6.07) is 3.69. The van der Waals surface area contributed by atoms with Crippen LogP contribution >= 0.6 is 0 Å². The quantitative estimate of drug-likeness (QED) is 0.279. The summed E-state index contributed by atoms with van der Waals surface area (Å²) in [6.45, 7) is 0.537. The van der Waals surface area contributed by atoms with Gasteiger partial charge in [0.25, 0.3) is 5.91 Å². The number of imidazole rings is 1. The van der Waals surface area contributed by atoms with E-state index in [2.05, 4.69) is 15.3 Å². The van der Waals surface area contributed by atoms with Gasteiger partial charge in [-0.3, -0.25) is 19.6 Å². The smallest absolute Gasteiger partial charge is 0.393 e. The van der Waals surface area contributed by atoms with Crippen molar-refractivity contribution in [2.45, 2.75) is 50.0 Å². The average Bonchev–Trinajstić information content (AvgIpc) is 3.08. The summed E-state index contributed by atoms with van der Waals surface area (Å²) in [4.78, 5) is 23.1. The highest BCUT2D eigenvalue weighted by molar-refractivity contribution is 6.13. The Hall–Kier alpha value is -3.54. The zero-order valence-electron chi connectivity index (χ0n) is 18.6.